The number of hydrogen-bond acceptors (Lipinski definition) is 2. The normalized spacial score (nSPS) is 12.7. The van der Waals surface area contributed by atoms with Crippen molar-refractivity contribution < 1.29 is 0 Å². The van der Waals surface area contributed by atoms with Crippen molar-refractivity contribution in [3.8, 4) is 11.1 Å². The summed E-state index contributed by atoms with van der Waals surface area (Å²) in [6.45, 7) is 4.64. The molecule has 0 fully saturated rings. The molecule has 2 nitrogen and oxygen atoms in total. The van der Waals surface area contributed by atoms with Crippen molar-refractivity contribution in [2.45, 2.75) is 57.8 Å². The lowest BCUT2D eigenvalue weighted by Gasteiger charge is -2.35. The first-order valence-electron chi connectivity index (χ1n) is 17.7. The summed E-state index contributed by atoms with van der Waals surface area (Å²) in [5.74, 6) is 0. The largest absolute Gasteiger partial charge is 0.310 e. The molecule has 0 spiro atoms. The van der Waals surface area contributed by atoms with Gasteiger partial charge in [0, 0.05) is 57.4 Å². The van der Waals surface area contributed by atoms with E-state index in [-0.39, 0.29) is 5.41 Å². The first-order valence-corrected chi connectivity index (χ1v) is 20.9. The number of halogens is 4. The quantitative estimate of drug-likeness (QED) is 0.121. The average Bonchev–Trinajstić information content (AvgIpc) is 3.41. The highest BCUT2D eigenvalue weighted by Crippen LogP contribution is 2.57. The molecule has 0 unspecified atom stereocenters. The van der Waals surface area contributed by atoms with Gasteiger partial charge in [-0.1, -0.05) is 115 Å². The summed E-state index contributed by atoms with van der Waals surface area (Å²) < 4.78 is 4.28. The summed E-state index contributed by atoms with van der Waals surface area (Å²) in [7, 11) is 0. The minimum absolute atomic E-state index is 0.0983. The van der Waals surface area contributed by atoms with Gasteiger partial charge in [-0.05, 0) is 156 Å². The first kappa shape index (κ1) is 36.2. The van der Waals surface area contributed by atoms with Gasteiger partial charge in [0.15, 0.2) is 0 Å². The fourth-order valence-electron chi connectivity index (χ4n) is 7.63. The van der Waals surface area contributed by atoms with Crippen molar-refractivity contribution >= 4 is 97.8 Å². The van der Waals surface area contributed by atoms with Crippen molar-refractivity contribution in [3.05, 3.63) is 162 Å². The molecule has 0 atom stereocenters. The van der Waals surface area contributed by atoms with E-state index in [1.807, 2.05) is 0 Å². The predicted molar refractivity (Wildman–Crippen MR) is 232 cm³/mol. The molecule has 0 aromatic heterocycles. The third-order valence-corrected chi connectivity index (χ3v) is 12.2. The van der Waals surface area contributed by atoms with E-state index in [1.165, 1.54) is 46.5 Å². The molecule has 6 aromatic carbocycles. The summed E-state index contributed by atoms with van der Waals surface area (Å²) >= 11 is 14.6. The van der Waals surface area contributed by atoms with Gasteiger partial charge < -0.3 is 9.80 Å². The van der Waals surface area contributed by atoms with Crippen LogP contribution >= 0.6 is 63.7 Å². The van der Waals surface area contributed by atoms with Crippen LogP contribution in [0.2, 0.25) is 0 Å². The van der Waals surface area contributed by atoms with Crippen LogP contribution in [-0.2, 0) is 5.41 Å². The molecule has 0 aliphatic heterocycles. The zero-order valence-corrected chi connectivity index (χ0v) is 35.2. The Morgan fingerprint density at radius 1 is 0.392 bits per heavy atom. The van der Waals surface area contributed by atoms with Crippen LogP contribution in [0, 0.1) is 0 Å². The standard InChI is InChI=1S/C45H40Br4N2/c1-3-5-27-45(28-6-4-2)43-29-39(50(35-15-7-31(46)8-16-35)36-17-9-32(47)10-18-36)23-25-41(43)42-26-24-40(30-44(42)45)51(37-19-11-33(48)12-20-37)38-21-13-34(49)14-22-38/h7-26,29-30H,3-6,27-28H2,1-2H3. The highest BCUT2D eigenvalue weighted by molar-refractivity contribution is 9.11. The minimum atomic E-state index is -0.0983. The fourth-order valence-corrected chi connectivity index (χ4v) is 8.68. The molecule has 0 saturated carbocycles. The first-order chi connectivity index (χ1) is 24.8. The smallest absolute Gasteiger partial charge is 0.0465 e. The molecule has 6 heteroatoms. The van der Waals surface area contributed by atoms with E-state index < -0.39 is 0 Å². The molecular weight excluding hydrogens is 888 g/mol. The molecule has 51 heavy (non-hydrogen) atoms. The van der Waals surface area contributed by atoms with Gasteiger partial charge in [0.2, 0.25) is 0 Å². The van der Waals surface area contributed by atoms with Crippen molar-refractivity contribution in [1.29, 1.82) is 0 Å². The maximum absolute atomic E-state index is 3.66. The van der Waals surface area contributed by atoms with Crippen LogP contribution in [0.15, 0.2) is 151 Å². The molecule has 6 aromatic rings. The summed E-state index contributed by atoms with van der Waals surface area (Å²) in [5.41, 5.74) is 12.4. The molecule has 0 amide bonds. The van der Waals surface area contributed by atoms with E-state index >= 15 is 0 Å². The summed E-state index contributed by atoms with van der Waals surface area (Å²) in [6, 6.07) is 49.0. The number of benzene rings is 6. The van der Waals surface area contributed by atoms with Crippen LogP contribution in [0.4, 0.5) is 34.1 Å². The molecule has 258 valence electrons. The lowest BCUT2D eigenvalue weighted by molar-refractivity contribution is 0.414. The Hall–Kier alpha value is -3.16. The Morgan fingerprint density at radius 2 is 0.667 bits per heavy atom. The van der Waals surface area contributed by atoms with Crippen LogP contribution in [-0.4, -0.2) is 0 Å². The number of anilines is 6. The van der Waals surface area contributed by atoms with E-state index in [4.69, 9.17) is 0 Å². The van der Waals surface area contributed by atoms with Crippen LogP contribution in [0.3, 0.4) is 0 Å². The number of rotatable bonds is 12. The zero-order chi connectivity index (χ0) is 35.5. The lowest BCUT2D eigenvalue weighted by atomic mass is 9.70. The number of nitrogens with zero attached hydrogens (tertiary/aromatic N) is 2. The Labute approximate surface area is 336 Å². The van der Waals surface area contributed by atoms with Gasteiger partial charge in [-0.3, -0.25) is 0 Å². The predicted octanol–water partition coefficient (Wildman–Crippen LogP) is 16.3. The van der Waals surface area contributed by atoms with Gasteiger partial charge >= 0.3 is 0 Å². The third kappa shape index (κ3) is 7.40. The van der Waals surface area contributed by atoms with Gasteiger partial charge in [-0.2, -0.15) is 0 Å². The van der Waals surface area contributed by atoms with Gasteiger partial charge in [0.25, 0.3) is 0 Å². The monoisotopic (exact) mass is 924 g/mol. The Morgan fingerprint density at radius 3 is 0.941 bits per heavy atom. The van der Waals surface area contributed by atoms with Gasteiger partial charge in [0.1, 0.15) is 0 Å². The van der Waals surface area contributed by atoms with Crippen LogP contribution in [0.5, 0.6) is 0 Å². The van der Waals surface area contributed by atoms with Gasteiger partial charge in [0.05, 0.1) is 0 Å². The topological polar surface area (TPSA) is 6.48 Å². The molecule has 0 radical (unpaired) electrons. The second kappa shape index (κ2) is 15.8. The van der Waals surface area contributed by atoms with Crippen molar-refractivity contribution in [1.82, 2.24) is 0 Å². The number of unbranched alkanes of at least 4 members (excludes halogenated alkanes) is 2. The Kier molecular flexibility index (Phi) is 11.2. The number of hydrogen-bond donors (Lipinski definition) is 0. The molecule has 0 heterocycles. The van der Waals surface area contributed by atoms with Crippen molar-refractivity contribution in [2.75, 3.05) is 9.80 Å². The van der Waals surface area contributed by atoms with E-state index in [0.717, 1.165) is 66.3 Å². The highest BCUT2D eigenvalue weighted by Gasteiger charge is 2.43. The summed E-state index contributed by atoms with van der Waals surface area (Å²) in [4.78, 5) is 4.78. The molecule has 0 bridgehead atoms. The molecular formula is C45H40Br4N2. The van der Waals surface area contributed by atoms with Crippen molar-refractivity contribution in [2.24, 2.45) is 0 Å². The second-order valence-corrected chi connectivity index (χ2v) is 17.0. The van der Waals surface area contributed by atoms with E-state index in [9.17, 15) is 0 Å². The maximum Gasteiger partial charge on any atom is 0.0465 e. The van der Waals surface area contributed by atoms with Crippen LogP contribution in [0.25, 0.3) is 11.1 Å². The zero-order valence-electron chi connectivity index (χ0n) is 28.9. The Bertz CT molecular complexity index is 1860. The molecule has 0 N–H and O–H groups in total. The Balaban J connectivity index is 1.42. The average molecular weight is 928 g/mol. The second-order valence-electron chi connectivity index (χ2n) is 13.3. The SMILES string of the molecule is CCCCC1(CCCC)c2cc(N(c3ccc(Br)cc3)c3ccc(Br)cc3)ccc2-c2ccc(N(c3ccc(Br)cc3)c3ccc(Br)cc3)cc21. The third-order valence-electron chi connectivity index (χ3n) is 10.1. The minimum Gasteiger partial charge on any atom is -0.310 e. The van der Waals surface area contributed by atoms with Crippen LogP contribution in [0.1, 0.15) is 63.5 Å². The van der Waals surface area contributed by atoms with E-state index in [0.29, 0.717) is 0 Å². The fraction of sp³-hybridized carbons (Fsp3) is 0.200. The van der Waals surface area contributed by atoms with Gasteiger partial charge in [-0.25, -0.2) is 0 Å². The highest BCUT2D eigenvalue weighted by atomic mass is 79.9. The van der Waals surface area contributed by atoms with Crippen molar-refractivity contribution in [3.63, 3.8) is 0 Å². The maximum atomic E-state index is 3.66. The van der Waals surface area contributed by atoms with E-state index in [2.05, 4.69) is 221 Å². The summed E-state index contributed by atoms with van der Waals surface area (Å²) in [5, 5.41) is 0. The summed E-state index contributed by atoms with van der Waals surface area (Å²) in [6.07, 6.45) is 6.89. The lowest BCUT2D eigenvalue weighted by Crippen LogP contribution is -2.26. The number of fused-ring (bicyclic) bond motifs is 3. The van der Waals surface area contributed by atoms with Gasteiger partial charge in [-0.15, -0.1) is 0 Å². The molecule has 1 aliphatic rings. The van der Waals surface area contributed by atoms with E-state index in [1.54, 1.807) is 0 Å². The molecule has 0 saturated heterocycles. The molecule has 1 aliphatic carbocycles. The molecule has 7 rings (SSSR count). The van der Waals surface area contributed by atoms with Crippen LogP contribution < -0.4 is 9.80 Å².